The molecule has 0 bridgehead atoms. The molecule has 0 radical (unpaired) electrons. The Balaban J connectivity index is 1.52. The Morgan fingerprint density at radius 2 is 1.79 bits per heavy atom. The average Bonchev–Trinajstić information content (AvgIpc) is 3.40. The van der Waals surface area contributed by atoms with E-state index in [1.807, 2.05) is 26.0 Å². The van der Waals surface area contributed by atoms with E-state index in [1.165, 1.54) is 24.5 Å². The monoisotopic (exact) mass is 447 g/mol. The van der Waals surface area contributed by atoms with Crippen molar-refractivity contribution in [2.45, 2.75) is 32.9 Å². The van der Waals surface area contributed by atoms with Gasteiger partial charge in [0.2, 0.25) is 0 Å². The number of nitrogens with zero attached hydrogens (tertiary/aromatic N) is 4. The van der Waals surface area contributed by atoms with E-state index in [0.717, 1.165) is 10.5 Å². The summed E-state index contributed by atoms with van der Waals surface area (Å²) in [5.41, 5.74) is 2.10. The van der Waals surface area contributed by atoms with E-state index in [1.54, 1.807) is 23.1 Å². The van der Waals surface area contributed by atoms with Crippen molar-refractivity contribution >= 4 is 23.4 Å². The smallest absolute Gasteiger partial charge is 0.266 e. The van der Waals surface area contributed by atoms with E-state index < -0.39 is 17.7 Å². The van der Waals surface area contributed by atoms with Crippen LogP contribution in [0.4, 0.5) is 5.69 Å². The minimum absolute atomic E-state index is 0.174. The van der Waals surface area contributed by atoms with Crippen LogP contribution in [0.1, 0.15) is 56.9 Å². The fourth-order valence-electron chi connectivity index (χ4n) is 3.89. The van der Waals surface area contributed by atoms with Gasteiger partial charge in [0, 0.05) is 5.56 Å². The highest BCUT2D eigenvalue weighted by atomic mass is 16.3. The number of fused-ring (bicyclic) bond motifs is 1. The summed E-state index contributed by atoms with van der Waals surface area (Å²) in [4.78, 5) is 43.7. The van der Waals surface area contributed by atoms with Crippen LogP contribution < -0.4 is 10.2 Å². The number of hydrogen-bond donors (Lipinski definition) is 2. The lowest BCUT2D eigenvalue weighted by Crippen LogP contribution is -2.38. The maximum Gasteiger partial charge on any atom is 0.266 e. The quantitative estimate of drug-likeness (QED) is 0.512. The molecule has 9 nitrogen and oxygen atoms in total. The molecule has 1 atom stereocenters. The zero-order valence-corrected chi connectivity index (χ0v) is 18.4. The molecule has 0 saturated heterocycles. The van der Waals surface area contributed by atoms with Crippen LogP contribution in [0.3, 0.4) is 0 Å². The maximum absolute atomic E-state index is 13.1. The molecule has 3 amide bonds. The van der Waals surface area contributed by atoms with E-state index in [0.29, 0.717) is 24.6 Å². The molecule has 2 aromatic carbocycles. The van der Waals surface area contributed by atoms with Crippen molar-refractivity contribution in [2.75, 3.05) is 11.5 Å². The number of hydrogen-bond acceptors (Lipinski definition) is 6. The third kappa shape index (κ3) is 4.68. The Labute approximate surface area is 191 Å². The first-order valence-electron chi connectivity index (χ1n) is 10.7. The van der Waals surface area contributed by atoms with Crippen LogP contribution in [0.5, 0.6) is 0 Å². The van der Waals surface area contributed by atoms with Gasteiger partial charge in [-0.1, -0.05) is 26.0 Å². The van der Waals surface area contributed by atoms with Crippen LogP contribution in [0.2, 0.25) is 0 Å². The fraction of sp³-hybridized carbons (Fsp3) is 0.292. The predicted octanol–water partition coefficient (Wildman–Crippen LogP) is 2.26. The molecule has 1 unspecified atom stereocenters. The number of aromatic nitrogens is 3. The van der Waals surface area contributed by atoms with Crippen LogP contribution in [-0.2, 0) is 6.54 Å². The van der Waals surface area contributed by atoms with E-state index in [4.69, 9.17) is 0 Å². The van der Waals surface area contributed by atoms with Crippen LogP contribution in [-0.4, -0.2) is 50.2 Å². The van der Waals surface area contributed by atoms with Gasteiger partial charge in [0.05, 0.1) is 36.0 Å². The number of amides is 3. The molecule has 0 spiro atoms. The van der Waals surface area contributed by atoms with Crippen molar-refractivity contribution in [3.05, 3.63) is 77.4 Å². The van der Waals surface area contributed by atoms with Gasteiger partial charge in [-0.05, 0) is 48.2 Å². The number of aliphatic hydroxyl groups is 1. The highest BCUT2D eigenvalue weighted by molar-refractivity contribution is 6.34. The molecule has 170 valence electrons. The van der Waals surface area contributed by atoms with E-state index >= 15 is 0 Å². The Morgan fingerprint density at radius 1 is 1.06 bits per heavy atom. The number of carbonyl (C=O) groups is 3. The van der Waals surface area contributed by atoms with Crippen LogP contribution in [0.25, 0.3) is 0 Å². The van der Waals surface area contributed by atoms with Gasteiger partial charge < -0.3 is 10.4 Å². The zero-order chi connectivity index (χ0) is 23.5. The first-order valence-corrected chi connectivity index (χ1v) is 10.7. The molecule has 1 aliphatic rings. The normalized spacial score (nSPS) is 14.0. The molecule has 0 aliphatic carbocycles. The largest absolute Gasteiger partial charge is 0.394 e. The number of rotatable bonds is 8. The second kappa shape index (κ2) is 9.33. The van der Waals surface area contributed by atoms with Crippen molar-refractivity contribution in [3.8, 4) is 0 Å². The Kier molecular flexibility index (Phi) is 6.32. The molecule has 2 heterocycles. The molecule has 1 aromatic heterocycles. The molecule has 0 fully saturated rings. The molecule has 2 N–H and O–H groups in total. The van der Waals surface area contributed by atoms with Crippen molar-refractivity contribution < 1.29 is 19.5 Å². The number of carbonyl (C=O) groups excluding carboxylic acids is 3. The van der Waals surface area contributed by atoms with E-state index in [2.05, 4.69) is 15.4 Å². The lowest BCUT2D eigenvalue weighted by atomic mass is 10.0. The minimum Gasteiger partial charge on any atom is -0.394 e. The number of imide groups is 1. The first-order chi connectivity index (χ1) is 15.9. The predicted molar refractivity (Wildman–Crippen MR) is 121 cm³/mol. The number of nitrogens with one attached hydrogen (secondary N) is 1. The van der Waals surface area contributed by atoms with Gasteiger partial charge in [-0.2, -0.15) is 5.10 Å². The minimum atomic E-state index is -0.477. The number of aliphatic hydroxyl groups excluding tert-OH is 1. The van der Waals surface area contributed by atoms with E-state index in [9.17, 15) is 19.5 Å². The molecular weight excluding hydrogens is 422 g/mol. The van der Waals surface area contributed by atoms with Crippen LogP contribution >= 0.6 is 0 Å². The molecule has 3 aromatic rings. The third-order valence-electron chi connectivity index (χ3n) is 5.47. The van der Waals surface area contributed by atoms with Crippen LogP contribution in [0, 0.1) is 5.92 Å². The first kappa shape index (κ1) is 22.3. The number of benzene rings is 2. The van der Waals surface area contributed by atoms with Crippen molar-refractivity contribution in [1.29, 1.82) is 0 Å². The van der Waals surface area contributed by atoms with Crippen molar-refractivity contribution in [1.82, 2.24) is 20.1 Å². The maximum atomic E-state index is 13.1. The standard InChI is InChI=1S/C24H25N5O4/c1-15(2)9-18(12-30)27-22(31)17-5-8-20-21(10-17)24(33)29(23(20)32)19-6-3-16(4-7-19)11-28-14-25-13-26-28/h3-8,10,13-15,18,30H,9,11-12H2,1-2H3,(H,27,31). The molecule has 1 aliphatic heterocycles. The fourth-order valence-corrected chi connectivity index (χ4v) is 3.89. The summed E-state index contributed by atoms with van der Waals surface area (Å²) < 4.78 is 1.67. The SMILES string of the molecule is CC(C)CC(CO)NC(=O)c1ccc2c(c1)C(=O)N(c1ccc(Cn3cncn3)cc1)C2=O. The van der Waals surface area contributed by atoms with Gasteiger partial charge in [0.1, 0.15) is 12.7 Å². The highest BCUT2D eigenvalue weighted by Gasteiger charge is 2.37. The Morgan fingerprint density at radius 3 is 2.42 bits per heavy atom. The molecule has 9 heteroatoms. The Hall–Kier alpha value is -3.85. The molecule has 0 saturated carbocycles. The van der Waals surface area contributed by atoms with Crippen LogP contribution in [0.15, 0.2) is 55.1 Å². The third-order valence-corrected chi connectivity index (χ3v) is 5.47. The summed E-state index contributed by atoms with van der Waals surface area (Å²) in [6.07, 6.45) is 3.69. The Bertz CT molecular complexity index is 1170. The van der Waals surface area contributed by atoms with Gasteiger partial charge in [-0.3, -0.25) is 14.4 Å². The van der Waals surface area contributed by atoms with Crippen molar-refractivity contribution in [3.63, 3.8) is 0 Å². The second-order valence-corrected chi connectivity index (χ2v) is 8.45. The summed E-state index contributed by atoms with van der Waals surface area (Å²) >= 11 is 0. The summed E-state index contributed by atoms with van der Waals surface area (Å²) in [5.74, 6) is -1.000. The molecule has 33 heavy (non-hydrogen) atoms. The summed E-state index contributed by atoms with van der Waals surface area (Å²) in [6, 6.07) is 11.1. The summed E-state index contributed by atoms with van der Waals surface area (Å²) in [6.45, 7) is 4.36. The second-order valence-electron chi connectivity index (χ2n) is 8.45. The highest BCUT2D eigenvalue weighted by Crippen LogP contribution is 2.29. The summed E-state index contributed by atoms with van der Waals surface area (Å²) in [5, 5.41) is 16.4. The van der Waals surface area contributed by atoms with Gasteiger partial charge in [0.25, 0.3) is 17.7 Å². The zero-order valence-electron chi connectivity index (χ0n) is 18.4. The van der Waals surface area contributed by atoms with E-state index in [-0.39, 0.29) is 29.3 Å². The molecular formula is C24H25N5O4. The lowest BCUT2D eigenvalue weighted by Gasteiger charge is -2.18. The topological polar surface area (TPSA) is 117 Å². The lowest BCUT2D eigenvalue weighted by molar-refractivity contribution is 0.0905. The van der Waals surface area contributed by atoms with Gasteiger partial charge >= 0.3 is 0 Å². The van der Waals surface area contributed by atoms with Gasteiger partial charge in [-0.15, -0.1) is 0 Å². The molecule has 4 rings (SSSR count). The average molecular weight is 447 g/mol. The van der Waals surface area contributed by atoms with Crippen molar-refractivity contribution in [2.24, 2.45) is 5.92 Å². The van der Waals surface area contributed by atoms with Gasteiger partial charge in [-0.25, -0.2) is 14.6 Å². The number of anilines is 1. The summed E-state index contributed by atoms with van der Waals surface area (Å²) in [7, 11) is 0. The van der Waals surface area contributed by atoms with Gasteiger partial charge in [0.15, 0.2) is 0 Å².